The zero-order valence-electron chi connectivity index (χ0n) is 12.3. The lowest BCUT2D eigenvalue weighted by Gasteiger charge is -2.27. The van der Waals surface area contributed by atoms with E-state index < -0.39 is 11.4 Å². The zero-order valence-corrected chi connectivity index (χ0v) is 12.3. The molecule has 2 atom stereocenters. The van der Waals surface area contributed by atoms with Gasteiger partial charge in [0.1, 0.15) is 0 Å². The summed E-state index contributed by atoms with van der Waals surface area (Å²) in [4.78, 5) is 15.8. The number of carboxylic acid groups (broad SMARTS) is 1. The molecule has 0 bridgehead atoms. The minimum Gasteiger partial charge on any atom is -0.481 e. The van der Waals surface area contributed by atoms with E-state index in [1.54, 1.807) is 6.92 Å². The van der Waals surface area contributed by atoms with Crippen LogP contribution < -0.4 is 0 Å². The fourth-order valence-electron chi connectivity index (χ4n) is 2.29. The topological polar surface area (TPSA) is 85.5 Å². The maximum atomic E-state index is 11.4. The lowest BCUT2D eigenvalue weighted by molar-refractivity contribution is -0.150. The van der Waals surface area contributed by atoms with Gasteiger partial charge in [-0.25, -0.2) is 0 Å². The van der Waals surface area contributed by atoms with E-state index in [0.29, 0.717) is 17.6 Å². The molecule has 6 heteroatoms. The summed E-state index contributed by atoms with van der Waals surface area (Å²) in [5, 5.41) is 13.3. The van der Waals surface area contributed by atoms with Gasteiger partial charge in [-0.1, -0.05) is 19.0 Å². The Balaban J connectivity index is 2.02. The van der Waals surface area contributed by atoms with E-state index in [1.165, 1.54) is 0 Å². The summed E-state index contributed by atoms with van der Waals surface area (Å²) in [6.45, 7) is 7.03. The highest BCUT2D eigenvalue weighted by atomic mass is 16.5. The van der Waals surface area contributed by atoms with Crippen molar-refractivity contribution in [3.05, 3.63) is 11.7 Å². The van der Waals surface area contributed by atoms with Crippen LogP contribution in [0.2, 0.25) is 0 Å². The maximum Gasteiger partial charge on any atom is 0.310 e. The van der Waals surface area contributed by atoms with Crippen LogP contribution >= 0.6 is 0 Å². The lowest BCUT2D eigenvalue weighted by Crippen LogP contribution is -2.35. The standard InChI is InChI=1S/C14H22N2O4/c1-9(2)14(3,13(17)18)7-12-15-11(16-20-12)6-10-4-5-19-8-10/h9-10H,4-8H2,1-3H3,(H,17,18). The van der Waals surface area contributed by atoms with Gasteiger partial charge in [0.15, 0.2) is 5.82 Å². The summed E-state index contributed by atoms with van der Waals surface area (Å²) in [6, 6.07) is 0. The molecule has 6 nitrogen and oxygen atoms in total. The highest BCUT2D eigenvalue weighted by molar-refractivity contribution is 5.74. The van der Waals surface area contributed by atoms with Gasteiger partial charge >= 0.3 is 5.97 Å². The van der Waals surface area contributed by atoms with Gasteiger partial charge in [0.25, 0.3) is 0 Å². The minimum absolute atomic E-state index is 0.0152. The first-order chi connectivity index (χ1) is 9.41. The maximum absolute atomic E-state index is 11.4. The molecule has 0 spiro atoms. The number of hydrogen-bond acceptors (Lipinski definition) is 5. The molecule has 1 saturated heterocycles. The third kappa shape index (κ3) is 3.17. The van der Waals surface area contributed by atoms with Crippen LogP contribution in [0.25, 0.3) is 0 Å². The molecule has 0 radical (unpaired) electrons. The molecule has 2 rings (SSSR count). The Morgan fingerprint density at radius 3 is 2.85 bits per heavy atom. The third-order valence-corrected chi connectivity index (χ3v) is 4.29. The number of aliphatic carboxylic acids is 1. The van der Waals surface area contributed by atoms with Crippen molar-refractivity contribution in [2.45, 2.75) is 40.0 Å². The summed E-state index contributed by atoms with van der Waals surface area (Å²) in [7, 11) is 0. The molecule has 1 fully saturated rings. The van der Waals surface area contributed by atoms with Gasteiger partial charge in [-0.2, -0.15) is 4.98 Å². The summed E-state index contributed by atoms with van der Waals surface area (Å²) in [5.41, 5.74) is -0.889. The van der Waals surface area contributed by atoms with Crippen molar-refractivity contribution < 1.29 is 19.2 Å². The Hall–Kier alpha value is -1.43. The van der Waals surface area contributed by atoms with Crippen LogP contribution in [0.15, 0.2) is 4.52 Å². The fourth-order valence-corrected chi connectivity index (χ4v) is 2.29. The molecule has 20 heavy (non-hydrogen) atoms. The third-order valence-electron chi connectivity index (χ3n) is 4.29. The van der Waals surface area contributed by atoms with Gasteiger partial charge in [-0.3, -0.25) is 4.79 Å². The Labute approximate surface area is 118 Å². The highest BCUT2D eigenvalue weighted by Crippen LogP contribution is 2.31. The van der Waals surface area contributed by atoms with Crippen molar-refractivity contribution in [3.8, 4) is 0 Å². The molecule has 2 unspecified atom stereocenters. The molecule has 1 aromatic heterocycles. The number of hydrogen-bond donors (Lipinski definition) is 1. The number of nitrogens with zero attached hydrogens (tertiary/aromatic N) is 2. The van der Waals surface area contributed by atoms with Gasteiger partial charge in [-0.15, -0.1) is 0 Å². The number of ether oxygens (including phenoxy) is 1. The summed E-state index contributed by atoms with van der Waals surface area (Å²) >= 11 is 0. The van der Waals surface area contributed by atoms with Gasteiger partial charge in [0, 0.05) is 26.1 Å². The van der Waals surface area contributed by atoms with Crippen LogP contribution in [0.4, 0.5) is 0 Å². The first-order valence-corrected chi connectivity index (χ1v) is 7.04. The van der Waals surface area contributed by atoms with E-state index in [-0.39, 0.29) is 12.3 Å². The smallest absolute Gasteiger partial charge is 0.310 e. The second-order valence-corrected chi connectivity index (χ2v) is 6.09. The molecule has 1 N–H and O–H groups in total. The lowest BCUT2D eigenvalue weighted by atomic mass is 9.76. The Morgan fingerprint density at radius 2 is 2.30 bits per heavy atom. The molecule has 0 amide bonds. The van der Waals surface area contributed by atoms with Crippen molar-refractivity contribution in [2.75, 3.05) is 13.2 Å². The van der Waals surface area contributed by atoms with Crippen molar-refractivity contribution >= 4 is 5.97 Å². The van der Waals surface area contributed by atoms with Gasteiger partial charge < -0.3 is 14.4 Å². The van der Waals surface area contributed by atoms with Crippen molar-refractivity contribution in [1.82, 2.24) is 10.1 Å². The molecule has 0 saturated carbocycles. The number of aromatic nitrogens is 2. The number of carbonyl (C=O) groups is 1. The SMILES string of the molecule is CC(C)C(C)(Cc1nc(CC2CCOC2)no1)C(=O)O. The zero-order chi connectivity index (χ0) is 14.8. The first kappa shape index (κ1) is 15.0. The first-order valence-electron chi connectivity index (χ1n) is 7.04. The van der Waals surface area contributed by atoms with Crippen LogP contribution in [-0.4, -0.2) is 34.4 Å². The predicted octanol–water partition coefficient (Wildman–Crippen LogP) is 1.94. The van der Waals surface area contributed by atoms with E-state index in [1.807, 2.05) is 13.8 Å². The Kier molecular flexibility index (Phi) is 4.42. The highest BCUT2D eigenvalue weighted by Gasteiger charge is 2.38. The normalized spacial score (nSPS) is 22.1. The molecular weight excluding hydrogens is 260 g/mol. The molecule has 112 valence electrons. The van der Waals surface area contributed by atoms with Crippen molar-refractivity contribution in [2.24, 2.45) is 17.3 Å². The van der Waals surface area contributed by atoms with Crippen LogP contribution in [-0.2, 0) is 22.4 Å². The van der Waals surface area contributed by atoms with Crippen molar-refractivity contribution in [1.29, 1.82) is 0 Å². The van der Waals surface area contributed by atoms with E-state index in [9.17, 15) is 9.90 Å². The van der Waals surface area contributed by atoms with E-state index in [2.05, 4.69) is 10.1 Å². The Morgan fingerprint density at radius 1 is 1.55 bits per heavy atom. The Bertz CT molecular complexity index is 465. The number of rotatable bonds is 6. The van der Waals surface area contributed by atoms with E-state index in [0.717, 1.165) is 26.1 Å². The van der Waals surface area contributed by atoms with Gasteiger partial charge in [0.05, 0.1) is 5.41 Å². The van der Waals surface area contributed by atoms with Gasteiger partial charge in [0.2, 0.25) is 5.89 Å². The van der Waals surface area contributed by atoms with Crippen LogP contribution in [0, 0.1) is 17.3 Å². The largest absolute Gasteiger partial charge is 0.481 e. The molecule has 1 aliphatic rings. The summed E-state index contributed by atoms with van der Waals surface area (Å²) in [6.07, 6.45) is 2.01. The van der Waals surface area contributed by atoms with E-state index in [4.69, 9.17) is 9.26 Å². The summed E-state index contributed by atoms with van der Waals surface area (Å²) in [5.74, 6) is 0.635. The molecule has 1 aromatic rings. The van der Waals surface area contributed by atoms with Crippen molar-refractivity contribution in [3.63, 3.8) is 0 Å². The molecule has 2 heterocycles. The molecule has 0 aromatic carbocycles. The monoisotopic (exact) mass is 282 g/mol. The molecule has 0 aliphatic carbocycles. The molecule has 1 aliphatic heterocycles. The fraction of sp³-hybridized carbons (Fsp3) is 0.786. The minimum atomic E-state index is -0.889. The van der Waals surface area contributed by atoms with Crippen LogP contribution in [0.3, 0.4) is 0 Å². The second kappa shape index (κ2) is 5.91. The van der Waals surface area contributed by atoms with Gasteiger partial charge in [-0.05, 0) is 25.2 Å². The second-order valence-electron chi connectivity index (χ2n) is 6.09. The average Bonchev–Trinajstić information content (AvgIpc) is 3.01. The number of carboxylic acids is 1. The van der Waals surface area contributed by atoms with Crippen LogP contribution in [0.1, 0.15) is 38.9 Å². The van der Waals surface area contributed by atoms with E-state index >= 15 is 0 Å². The summed E-state index contributed by atoms with van der Waals surface area (Å²) < 4.78 is 10.5. The predicted molar refractivity (Wildman–Crippen MR) is 71.2 cm³/mol. The average molecular weight is 282 g/mol. The van der Waals surface area contributed by atoms with Crippen LogP contribution in [0.5, 0.6) is 0 Å². The molecular formula is C14H22N2O4. The quantitative estimate of drug-likeness (QED) is 0.858.